The van der Waals surface area contributed by atoms with Gasteiger partial charge in [0.15, 0.2) is 0 Å². The van der Waals surface area contributed by atoms with Crippen molar-refractivity contribution in [1.82, 2.24) is 0 Å². The summed E-state index contributed by atoms with van der Waals surface area (Å²) in [5.41, 5.74) is 2.13. The Hall–Kier alpha value is -2.10. The van der Waals surface area contributed by atoms with E-state index in [0.717, 1.165) is 37.9 Å². The number of rotatable bonds is 5. The van der Waals surface area contributed by atoms with Crippen LogP contribution in [0.3, 0.4) is 0 Å². The molecule has 1 aromatic carbocycles. The second kappa shape index (κ2) is 9.56. The van der Waals surface area contributed by atoms with Gasteiger partial charge in [0.05, 0.1) is 23.8 Å². The molecule has 0 spiro atoms. The van der Waals surface area contributed by atoms with Crippen LogP contribution in [0, 0.1) is 34.5 Å². The van der Waals surface area contributed by atoms with Gasteiger partial charge in [-0.15, -0.1) is 0 Å². The second-order valence-electron chi connectivity index (χ2n) is 7.81. The van der Waals surface area contributed by atoms with Crippen molar-refractivity contribution in [3.05, 3.63) is 47.5 Å². The Morgan fingerprint density at radius 1 is 0.923 bits per heavy atom. The van der Waals surface area contributed by atoms with Crippen molar-refractivity contribution in [3.63, 3.8) is 0 Å². The van der Waals surface area contributed by atoms with Crippen molar-refractivity contribution in [2.75, 3.05) is 6.61 Å². The molecule has 0 atom stereocenters. The summed E-state index contributed by atoms with van der Waals surface area (Å²) in [6, 6.07) is 12.4. The molecule has 0 radical (unpaired) electrons. The van der Waals surface area contributed by atoms with Crippen LogP contribution < -0.4 is 0 Å². The lowest BCUT2D eigenvalue weighted by atomic mass is 9.79. The smallest absolute Gasteiger partial charge is 0.0991 e. The van der Waals surface area contributed by atoms with Gasteiger partial charge in [0.25, 0.3) is 0 Å². The van der Waals surface area contributed by atoms with E-state index in [4.69, 9.17) is 15.3 Å². The highest BCUT2D eigenvalue weighted by molar-refractivity contribution is 5.33. The average molecular weight is 348 g/mol. The van der Waals surface area contributed by atoms with Crippen molar-refractivity contribution in [1.29, 1.82) is 10.5 Å². The van der Waals surface area contributed by atoms with E-state index in [1.165, 1.54) is 31.2 Å². The Balaban J connectivity index is 1.36. The van der Waals surface area contributed by atoms with Gasteiger partial charge in [-0.25, -0.2) is 0 Å². The normalized spacial score (nSPS) is 29.2. The second-order valence-corrected chi connectivity index (χ2v) is 7.81. The molecule has 2 aliphatic carbocycles. The first-order chi connectivity index (χ1) is 12.8. The number of allylic oxidation sites excluding steroid dienone is 2. The van der Waals surface area contributed by atoms with Gasteiger partial charge in [-0.2, -0.15) is 10.5 Å². The molecule has 0 unspecified atom stereocenters. The molecule has 3 nitrogen and oxygen atoms in total. The molecule has 0 amide bonds. The maximum Gasteiger partial charge on any atom is 0.0991 e. The zero-order chi connectivity index (χ0) is 18.2. The van der Waals surface area contributed by atoms with Crippen LogP contribution in [0.2, 0.25) is 0 Å². The molecule has 2 fully saturated rings. The molecular formula is C23H28N2O. The third-order valence-corrected chi connectivity index (χ3v) is 6.09. The standard InChI is InChI=1S/C23H28N2O/c24-15-1-2-18-7-13-23(14-8-18)26-17-20-5-11-22(12-6-20)21-9-3-19(16-25)4-10-21/h1-4,9-10,18,20,22-23H,5-8,11-14,17H2/b2-1+/t18-,20-,22-,23-. The van der Waals surface area contributed by atoms with Crippen LogP contribution in [-0.2, 0) is 4.74 Å². The van der Waals surface area contributed by atoms with Crippen LogP contribution in [0.25, 0.3) is 0 Å². The largest absolute Gasteiger partial charge is 0.378 e. The number of ether oxygens (including phenoxy) is 1. The summed E-state index contributed by atoms with van der Waals surface area (Å²) in [5.74, 6) is 1.90. The Labute approximate surface area is 157 Å². The first-order valence-electron chi connectivity index (χ1n) is 9.96. The molecule has 0 aromatic heterocycles. The van der Waals surface area contributed by atoms with E-state index in [1.807, 2.05) is 12.1 Å². The van der Waals surface area contributed by atoms with Crippen molar-refractivity contribution in [2.45, 2.75) is 63.4 Å². The SMILES string of the molecule is N#C/C=C/[C@H]1CC[C@H](OC[C@H]2CC[C@H](c3ccc(C#N)cc3)CC2)CC1. The van der Waals surface area contributed by atoms with E-state index in [0.29, 0.717) is 23.9 Å². The van der Waals surface area contributed by atoms with E-state index in [-0.39, 0.29) is 0 Å². The zero-order valence-electron chi connectivity index (χ0n) is 15.4. The van der Waals surface area contributed by atoms with Gasteiger partial charge in [0.1, 0.15) is 0 Å². The minimum absolute atomic E-state index is 0.415. The summed E-state index contributed by atoms with van der Waals surface area (Å²) in [5, 5.41) is 17.5. The fourth-order valence-electron chi connectivity index (χ4n) is 4.39. The predicted octanol–water partition coefficient (Wildman–Crippen LogP) is 5.49. The van der Waals surface area contributed by atoms with E-state index in [2.05, 4.69) is 30.3 Å². The quantitative estimate of drug-likeness (QED) is 0.661. The molecule has 0 bridgehead atoms. The number of hydrogen-bond donors (Lipinski definition) is 0. The fraction of sp³-hybridized carbons (Fsp3) is 0.565. The Morgan fingerprint density at radius 2 is 1.62 bits per heavy atom. The van der Waals surface area contributed by atoms with Gasteiger partial charge < -0.3 is 4.74 Å². The molecule has 0 aliphatic heterocycles. The van der Waals surface area contributed by atoms with Crippen LogP contribution in [-0.4, -0.2) is 12.7 Å². The molecule has 26 heavy (non-hydrogen) atoms. The molecule has 3 heteroatoms. The van der Waals surface area contributed by atoms with Crippen LogP contribution in [0.15, 0.2) is 36.4 Å². The molecule has 0 saturated heterocycles. The molecule has 136 valence electrons. The van der Waals surface area contributed by atoms with Crippen molar-refractivity contribution >= 4 is 0 Å². The van der Waals surface area contributed by atoms with Gasteiger partial charge >= 0.3 is 0 Å². The van der Waals surface area contributed by atoms with Crippen molar-refractivity contribution in [2.24, 2.45) is 11.8 Å². The molecular weight excluding hydrogens is 320 g/mol. The van der Waals surface area contributed by atoms with Crippen LogP contribution in [0.1, 0.15) is 68.4 Å². The van der Waals surface area contributed by atoms with Crippen LogP contribution in [0.4, 0.5) is 0 Å². The summed E-state index contributed by atoms with van der Waals surface area (Å²) in [4.78, 5) is 0. The lowest BCUT2D eigenvalue weighted by Gasteiger charge is -2.32. The Morgan fingerprint density at radius 3 is 2.23 bits per heavy atom. The summed E-state index contributed by atoms with van der Waals surface area (Å²) in [7, 11) is 0. The van der Waals surface area contributed by atoms with E-state index in [9.17, 15) is 0 Å². The fourth-order valence-corrected chi connectivity index (χ4v) is 4.39. The van der Waals surface area contributed by atoms with Crippen molar-refractivity contribution in [3.8, 4) is 12.1 Å². The lowest BCUT2D eigenvalue weighted by molar-refractivity contribution is -0.00456. The monoisotopic (exact) mass is 348 g/mol. The zero-order valence-corrected chi connectivity index (χ0v) is 15.4. The maximum atomic E-state index is 8.91. The van der Waals surface area contributed by atoms with E-state index < -0.39 is 0 Å². The van der Waals surface area contributed by atoms with Gasteiger partial charge in [-0.1, -0.05) is 18.2 Å². The summed E-state index contributed by atoms with van der Waals surface area (Å²) < 4.78 is 6.22. The van der Waals surface area contributed by atoms with Gasteiger partial charge in [0.2, 0.25) is 0 Å². The van der Waals surface area contributed by atoms with Gasteiger partial charge in [0, 0.05) is 12.7 Å². The van der Waals surface area contributed by atoms with Gasteiger partial charge in [-0.3, -0.25) is 0 Å². The first-order valence-corrected chi connectivity index (χ1v) is 9.96. The molecule has 2 aliphatic rings. The number of nitriles is 2. The summed E-state index contributed by atoms with van der Waals surface area (Å²) >= 11 is 0. The molecule has 3 rings (SSSR count). The first kappa shape index (κ1) is 18.7. The highest BCUT2D eigenvalue weighted by Crippen LogP contribution is 2.36. The maximum absolute atomic E-state index is 8.91. The minimum atomic E-state index is 0.415. The summed E-state index contributed by atoms with van der Waals surface area (Å²) in [6.07, 6.45) is 13.6. The van der Waals surface area contributed by atoms with Crippen molar-refractivity contribution < 1.29 is 4.74 Å². The number of benzene rings is 1. The van der Waals surface area contributed by atoms with Crippen LogP contribution >= 0.6 is 0 Å². The van der Waals surface area contributed by atoms with Crippen LogP contribution in [0.5, 0.6) is 0 Å². The lowest BCUT2D eigenvalue weighted by Crippen LogP contribution is -2.25. The Bertz CT molecular complexity index is 664. The van der Waals surface area contributed by atoms with E-state index in [1.54, 1.807) is 6.08 Å². The highest BCUT2D eigenvalue weighted by Gasteiger charge is 2.25. The third kappa shape index (κ3) is 5.20. The highest BCUT2D eigenvalue weighted by atomic mass is 16.5. The molecule has 2 saturated carbocycles. The topological polar surface area (TPSA) is 56.8 Å². The average Bonchev–Trinajstić information content (AvgIpc) is 2.72. The number of hydrogen-bond acceptors (Lipinski definition) is 3. The molecule has 0 N–H and O–H groups in total. The predicted molar refractivity (Wildman–Crippen MR) is 102 cm³/mol. The van der Waals surface area contributed by atoms with E-state index >= 15 is 0 Å². The number of nitrogens with zero attached hydrogens (tertiary/aromatic N) is 2. The minimum Gasteiger partial charge on any atom is -0.378 e. The van der Waals surface area contributed by atoms with Gasteiger partial charge in [-0.05, 0) is 86.8 Å². The third-order valence-electron chi connectivity index (χ3n) is 6.09. The molecule has 0 heterocycles. The molecule has 1 aromatic rings. The summed E-state index contributed by atoms with van der Waals surface area (Å²) in [6.45, 7) is 0.906. The Kier molecular flexibility index (Phi) is 6.87.